The molecular weight excluding hydrogens is 384 g/mol. The third-order valence-corrected chi connectivity index (χ3v) is 7.51. The van der Waals surface area contributed by atoms with E-state index in [4.69, 9.17) is 8.85 Å². The number of hydrogen-bond acceptors (Lipinski definition) is 2. The Bertz CT molecular complexity index is 542. The molecule has 30 heavy (non-hydrogen) atoms. The van der Waals surface area contributed by atoms with Crippen LogP contribution in [0.15, 0.2) is 18.2 Å². The minimum atomic E-state index is -2.11. The molecule has 0 aliphatic carbocycles. The van der Waals surface area contributed by atoms with Crippen LogP contribution in [0.3, 0.4) is 0 Å². The van der Waals surface area contributed by atoms with Crippen LogP contribution in [0, 0.1) is 13.8 Å². The molecule has 0 saturated carbocycles. The van der Waals surface area contributed by atoms with Crippen LogP contribution in [0.1, 0.15) is 114 Å². The number of aryl methyl sites for hydroxylation is 2. The molecule has 0 atom stereocenters. The summed E-state index contributed by atoms with van der Waals surface area (Å²) in [4.78, 5) is 0. The van der Waals surface area contributed by atoms with Gasteiger partial charge in [-0.1, -0.05) is 109 Å². The van der Waals surface area contributed by atoms with Gasteiger partial charge in [0.05, 0.1) is 0 Å². The fourth-order valence-electron chi connectivity index (χ4n) is 3.90. The molecule has 3 heteroatoms. The van der Waals surface area contributed by atoms with Crippen LogP contribution >= 0.6 is 0 Å². The standard InChI is InChI=1S/C27H50O2Si/c1-6-7-8-9-10-11-12-13-14-15-16-17-18-19-20-23-28-30(4,5)29-27-24-25(2)21-22-26(27)3/h21-22,24H,6-20,23H2,1-5H3. The van der Waals surface area contributed by atoms with Crippen molar-refractivity contribution < 1.29 is 8.85 Å². The maximum atomic E-state index is 6.25. The minimum Gasteiger partial charge on any atom is -0.520 e. The fraction of sp³-hybridized carbons (Fsp3) is 0.778. The second-order valence-corrected chi connectivity index (χ2v) is 12.9. The first-order valence-corrected chi connectivity index (χ1v) is 15.7. The lowest BCUT2D eigenvalue weighted by molar-refractivity contribution is 0.240. The van der Waals surface area contributed by atoms with Gasteiger partial charge in [0.2, 0.25) is 0 Å². The molecule has 0 amide bonds. The van der Waals surface area contributed by atoms with Gasteiger partial charge in [-0.3, -0.25) is 0 Å². The lowest BCUT2D eigenvalue weighted by Crippen LogP contribution is -2.38. The topological polar surface area (TPSA) is 18.5 Å². The molecule has 174 valence electrons. The normalized spacial score (nSPS) is 11.8. The van der Waals surface area contributed by atoms with Gasteiger partial charge in [-0.15, -0.1) is 0 Å². The number of benzene rings is 1. The average Bonchev–Trinajstić information content (AvgIpc) is 2.70. The molecule has 0 unspecified atom stereocenters. The molecule has 0 aliphatic heterocycles. The van der Waals surface area contributed by atoms with Gasteiger partial charge in [-0.05, 0) is 50.6 Å². The summed E-state index contributed by atoms with van der Waals surface area (Å²) in [7, 11) is -2.11. The fourth-order valence-corrected chi connectivity index (χ4v) is 5.35. The Balaban J connectivity index is 1.92. The number of hydrogen-bond donors (Lipinski definition) is 0. The van der Waals surface area contributed by atoms with Gasteiger partial charge >= 0.3 is 8.56 Å². The Labute approximate surface area is 189 Å². The number of unbranched alkanes of at least 4 members (excludes halogenated alkanes) is 14. The Morgan fingerprint density at radius 1 is 0.667 bits per heavy atom. The van der Waals surface area contributed by atoms with E-state index in [0.717, 1.165) is 18.8 Å². The van der Waals surface area contributed by atoms with Crippen molar-refractivity contribution >= 4 is 8.56 Å². The zero-order valence-corrected chi connectivity index (χ0v) is 21.9. The van der Waals surface area contributed by atoms with Crippen molar-refractivity contribution in [2.45, 2.75) is 130 Å². The van der Waals surface area contributed by atoms with Crippen LogP contribution in [0.5, 0.6) is 5.75 Å². The van der Waals surface area contributed by atoms with Gasteiger partial charge in [0.15, 0.2) is 0 Å². The van der Waals surface area contributed by atoms with Crippen LogP contribution in [-0.4, -0.2) is 15.2 Å². The molecule has 0 fully saturated rings. The Morgan fingerprint density at radius 2 is 1.13 bits per heavy atom. The summed E-state index contributed by atoms with van der Waals surface area (Å²) in [5.41, 5.74) is 2.43. The van der Waals surface area contributed by atoms with Crippen molar-refractivity contribution in [2.75, 3.05) is 6.61 Å². The molecule has 0 spiro atoms. The van der Waals surface area contributed by atoms with E-state index < -0.39 is 8.56 Å². The molecule has 0 bridgehead atoms. The summed E-state index contributed by atoms with van der Waals surface area (Å²) in [5, 5.41) is 0. The maximum Gasteiger partial charge on any atom is 0.392 e. The molecule has 0 radical (unpaired) electrons. The lowest BCUT2D eigenvalue weighted by atomic mass is 10.0. The van der Waals surface area contributed by atoms with E-state index >= 15 is 0 Å². The summed E-state index contributed by atoms with van der Waals surface area (Å²) in [6.07, 6.45) is 20.9. The van der Waals surface area contributed by atoms with E-state index in [0.29, 0.717) is 0 Å². The highest BCUT2D eigenvalue weighted by Gasteiger charge is 2.27. The van der Waals surface area contributed by atoms with Gasteiger partial charge < -0.3 is 8.85 Å². The predicted octanol–water partition coefficient (Wildman–Crippen LogP) is 9.27. The van der Waals surface area contributed by atoms with Crippen LogP contribution < -0.4 is 4.43 Å². The minimum absolute atomic E-state index is 0.836. The molecule has 0 aromatic heterocycles. The first-order valence-electron chi connectivity index (χ1n) is 12.8. The molecule has 0 aliphatic rings. The van der Waals surface area contributed by atoms with E-state index in [1.165, 1.54) is 101 Å². The first kappa shape index (κ1) is 27.2. The van der Waals surface area contributed by atoms with E-state index in [-0.39, 0.29) is 0 Å². The smallest absolute Gasteiger partial charge is 0.392 e. The van der Waals surface area contributed by atoms with Crippen molar-refractivity contribution in [1.29, 1.82) is 0 Å². The molecule has 0 heterocycles. The highest BCUT2D eigenvalue weighted by Crippen LogP contribution is 2.23. The SMILES string of the molecule is CCCCCCCCCCCCCCCCCO[Si](C)(C)Oc1cc(C)ccc1C. The molecule has 1 rings (SSSR count). The Kier molecular flexibility index (Phi) is 15.3. The quantitative estimate of drug-likeness (QED) is 0.159. The second kappa shape index (κ2) is 16.8. The van der Waals surface area contributed by atoms with E-state index in [1.54, 1.807) is 0 Å². The Hall–Kier alpha value is -0.803. The largest absolute Gasteiger partial charge is 0.520 e. The zero-order chi connectivity index (χ0) is 22.1. The molecule has 0 N–H and O–H groups in total. The van der Waals surface area contributed by atoms with Crippen LogP contribution in [0.4, 0.5) is 0 Å². The summed E-state index contributed by atoms with van der Waals surface area (Å²) in [6, 6.07) is 6.39. The summed E-state index contributed by atoms with van der Waals surface area (Å²) >= 11 is 0. The van der Waals surface area contributed by atoms with Crippen molar-refractivity contribution in [3.8, 4) is 5.75 Å². The molecule has 2 nitrogen and oxygen atoms in total. The second-order valence-electron chi connectivity index (χ2n) is 9.57. The first-order chi connectivity index (χ1) is 14.4. The molecule has 1 aromatic carbocycles. The number of rotatable bonds is 19. The maximum absolute atomic E-state index is 6.25. The van der Waals surface area contributed by atoms with Gasteiger partial charge in [-0.25, -0.2) is 0 Å². The van der Waals surface area contributed by atoms with Gasteiger partial charge in [0.25, 0.3) is 0 Å². The van der Waals surface area contributed by atoms with E-state index in [9.17, 15) is 0 Å². The summed E-state index contributed by atoms with van der Waals surface area (Å²) in [6.45, 7) is 11.6. The van der Waals surface area contributed by atoms with Gasteiger partial charge in [-0.2, -0.15) is 0 Å². The van der Waals surface area contributed by atoms with Crippen LogP contribution in [0.2, 0.25) is 13.1 Å². The Morgan fingerprint density at radius 3 is 1.63 bits per heavy atom. The summed E-state index contributed by atoms with van der Waals surface area (Å²) in [5.74, 6) is 0.989. The monoisotopic (exact) mass is 434 g/mol. The van der Waals surface area contributed by atoms with E-state index in [1.807, 2.05) is 0 Å². The molecule has 1 aromatic rings. The lowest BCUT2D eigenvalue weighted by Gasteiger charge is -2.25. The van der Waals surface area contributed by atoms with Crippen molar-refractivity contribution in [2.24, 2.45) is 0 Å². The third kappa shape index (κ3) is 14.2. The highest BCUT2D eigenvalue weighted by atomic mass is 28.4. The zero-order valence-electron chi connectivity index (χ0n) is 20.9. The molecule has 0 saturated heterocycles. The van der Waals surface area contributed by atoms with Gasteiger partial charge in [0, 0.05) is 6.61 Å². The van der Waals surface area contributed by atoms with Gasteiger partial charge in [0.1, 0.15) is 5.75 Å². The predicted molar refractivity (Wildman–Crippen MR) is 135 cm³/mol. The summed E-state index contributed by atoms with van der Waals surface area (Å²) < 4.78 is 12.4. The average molecular weight is 435 g/mol. The van der Waals surface area contributed by atoms with Crippen LogP contribution in [0.25, 0.3) is 0 Å². The van der Waals surface area contributed by atoms with E-state index in [2.05, 4.69) is 52.1 Å². The van der Waals surface area contributed by atoms with Crippen molar-refractivity contribution in [3.63, 3.8) is 0 Å². The molecular formula is C27H50O2Si. The van der Waals surface area contributed by atoms with Crippen molar-refractivity contribution in [1.82, 2.24) is 0 Å². The third-order valence-electron chi connectivity index (χ3n) is 5.90. The highest BCUT2D eigenvalue weighted by molar-refractivity contribution is 6.65. The van der Waals surface area contributed by atoms with Crippen molar-refractivity contribution in [3.05, 3.63) is 29.3 Å². The van der Waals surface area contributed by atoms with Crippen LogP contribution in [-0.2, 0) is 4.43 Å².